The monoisotopic (exact) mass is 366 g/mol. The van der Waals surface area contributed by atoms with E-state index in [4.69, 9.17) is 0 Å². The highest BCUT2D eigenvalue weighted by molar-refractivity contribution is 5.62. The van der Waals surface area contributed by atoms with E-state index in [-0.39, 0.29) is 5.41 Å². The van der Waals surface area contributed by atoms with Crippen LogP contribution in [0.1, 0.15) is 84.6 Å². The van der Waals surface area contributed by atoms with E-state index in [9.17, 15) is 0 Å². The molecule has 0 heteroatoms. The molecule has 0 spiro atoms. The molecule has 2 rings (SSSR count). The van der Waals surface area contributed by atoms with Gasteiger partial charge in [0.15, 0.2) is 0 Å². The fourth-order valence-corrected chi connectivity index (χ4v) is 2.09. The molecule has 150 valence electrons. The quantitative estimate of drug-likeness (QED) is 0.497. The second kappa shape index (κ2) is 14.0. The summed E-state index contributed by atoms with van der Waals surface area (Å²) in [5, 5.41) is 0. The zero-order valence-corrected chi connectivity index (χ0v) is 19.5. The molecular weight excluding hydrogens is 324 g/mol. The fourth-order valence-electron chi connectivity index (χ4n) is 2.09. The molecule has 0 aliphatic rings. The van der Waals surface area contributed by atoms with Crippen molar-refractivity contribution in [2.75, 3.05) is 0 Å². The van der Waals surface area contributed by atoms with Crippen LogP contribution in [-0.4, -0.2) is 0 Å². The lowest BCUT2D eigenvalue weighted by atomic mass is 9.86. The molecule has 0 N–H and O–H groups in total. The molecule has 0 aliphatic carbocycles. The van der Waals surface area contributed by atoms with Crippen molar-refractivity contribution in [1.29, 1.82) is 0 Å². The zero-order valence-electron chi connectivity index (χ0n) is 19.5. The van der Waals surface area contributed by atoms with Crippen LogP contribution in [0.4, 0.5) is 0 Å². The van der Waals surface area contributed by atoms with Crippen LogP contribution in [0, 0.1) is 6.92 Å². The van der Waals surface area contributed by atoms with Crippen LogP contribution in [0.2, 0.25) is 0 Å². The summed E-state index contributed by atoms with van der Waals surface area (Å²) >= 11 is 0. The highest BCUT2D eigenvalue weighted by Crippen LogP contribution is 2.23. The maximum absolute atomic E-state index is 3.92. The third-order valence-corrected chi connectivity index (χ3v) is 3.79. The Morgan fingerprint density at radius 2 is 0.926 bits per heavy atom. The molecule has 0 aromatic heterocycles. The van der Waals surface area contributed by atoms with Crippen molar-refractivity contribution >= 4 is 11.1 Å². The fraction of sp³-hybridized carbons (Fsp3) is 0.407. The molecule has 0 nitrogen and oxygen atoms in total. The summed E-state index contributed by atoms with van der Waals surface area (Å²) in [4.78, 5) is 0. The van der Waals surface area contributed by atoms with Crippen molar-refractivity contribution in [1.82, 2.24) is 0 Å². The Morgan fingerprint density at radius 3 is 1.19 bits per heavy atom. The van der Waals surface area contributed by atoms with Gasteiger partial charge in [0.2, 0.25) is 0 Å². The van der Waals surface area contributed by atoms with Crippen LogP contribution in [0.3, 0.4) is 0 Å². The van der Waals surface area contributed by atoms with Gasteiger partial charge in [-0.05, 0) is 42.9 Å². The first-order chi connectivity index (χ1) is 12.6. The Morgan fingerprint density at radius 1 is 0.630 bits per heavy atom. The predicted octanol–water partition coefficient (Wildman–Crippen LogP) is 9.10. The molecule has 2 aromatic carbocycles. The molecule has 0 saturated heterocycles. The minimum Gasteiger partial charge on any atom is -0.0955 e. The van der Waals surface area contributed by atoms with Crippen molar-refractivity contribution in [2.45, 2.75) is 74.7 Å². The zero-order chi connectivity index (χ0) is 21.6. The standard InChI is InChI=1S/C13H18.C10H12.2C2H6/c1-10(2)11-6-8-12(9-7-11)13(3,4)5;1-8(2)10-6-4-9(3)5-7-10;2*1-2/h6-9H,1H2,2-5H3;4-7H,1H2,2-3H3;2*1-2H3. The Bertz CT molecular complexity index is 647. The molecule has 2 aromatic rings. The Hall–Kier alpha value is -2.08. The van der Waals surface area contributed by atoms with Gasteiger partial charge in [-0.1, -0.05) is 127 Å². The minimum atomic E-state index is 0.244. The largest absolute Gasteiger partial charge is 0.0955 e. The van der Waals surface area contributed by atoms with Gasteiger partial charge >= 0.3 is 0 Å². The van der Waals surface area contributed by atoms with Crippen molar-refractivity contribution in [3.63, 3.8) is 0 Å². The predicted molar refractivity (Wildman–Crippen MR) is 128 cm³/mol. The van der Waals surface area contributed by atoms with Crippen LogP contribution >= 0.6 is 0 Å². The molecule has 0 amide bonds. The molecule has 0 saturated carbocycles. The SMILES string of the molecule is C=C(C)c1ccc(C(C)(C)C)cc1.C=C(C)c1ccc(C)cc1.CC.CC. The first kappa shape index (κ1) is 27.1. The summed E-state index contributed by atoms with van der Waals surface area (Å²) < 4.78 is 0. The lowest BCUT2D eigenvalue weighted by molar-refractivity contribution is 0.590. The van der Waals surface area contributed by atoms with E-state index in [2.05, 4.69) is 89.4 Å². The van der Waals surface area contributed by atoms with Crippen molar-refractivity contribution < 1.29 is 0 Å². The summed E-state index contributed by atoms with van der Waals surface area (Å²) in [6, 6.07) is 17.0. The number of allylic oxidation sites excluding steroid dienone is 2. The van der Waals surface area contributed by atoms with E-state index in [1.54, 1.807) is 0 Å². The van der Waals surface area contributed by atoms with Gasteiger partial charge in [0.05, 0.1) is 0 Å². The molecule has 0 heterocycles. The third-order valence-electron chi connectivity index (χ3n) is 3.79. The summed E-state index contributed by atoms with van der Waals surface area (Å²) in [6.07, 6.45) is 0. The van der Waals surface area contributed by atoms with Gasteiger partial charge in [-0.2, -0.15) is 0 Å². The molecule has 0 aliphatic heterocycles. The Kier molecular flexibility index (Phi) is 14.1. The van der Waals surface area contributed by atoms with Gasteiger partial charge in [-0.3, -0.25) is 0 Å². The summed E-state index contributed by atoms with van der Waals surface area (Å²) in [6.45, 7) is 28.6. The topological polar surface area (TPSA) is 0 Å². The van der Waals surface area contributed by atoms with Crippen LogP contribution < -0.4 is 0 Å². The summed E-state index contributed by atoms with van der Waals surface area (Å²) in [7, 11) is 0. The number of hydrogen-bond acceptors (Lipinski definition) is 0. The first-order valence-electron chi connectivity index (χ1n) is 10.1. The molecular formula is C27H42. The van der Waals surface area contributed by atoms with Crippen molar-refractivity contribution in [2.24, 2.45) is 0 Å². The van der Waals surface area contributed by atoms with E-state index in [0.717, 1.165) is 11.1 Å². The number of rotatable bonds is 2. The Labute approximate surface area is 170 Å². The number of benzene rings is 2. The van der Waals surface area contributed by atoms with Gasteiger partial charge in [0, 0.05) is 0 Å². The Balaban J connectivity index is 0. The van der Waals surface area contributed by atoms with Gasteiger partial charge in [-0.15, -0.1) is 0 Å². The maximum atomic E-state index is 3.92. The van der Waals surface area contributed by atoms with E-state index < -0.39 is 0 Å². The summed E-state index contributed by atoms with van der Waals surface area (Å²) in [5.74, 6) is 0. The van der Waals surface area contributed by atoms with Crippen molar-refractivity contribution in [3.8, 4) is 0 Å². The van der Waals surface area contributed by atoms with Gasteiger partial charge in [0.25, 0.3) is 0 Å². The molecule has 0 radical (unpaired) electrons. The highest BCUT2D eigenvalue weighted by atomic mass is 14.2. The average Bonchev–Trinajstić information content (AvgIpc) is 2.65. The highest BCUT2D eigenvalue weighted by Gasteiger charge is 2.12. The number of aryl methyl sites for hydroxylation is 1. The van der Waals surface area contributed by atoms with E-state index >= 15 is 0 Å². The lowest BCUT2D eigenvalue weighted by Crippen LogP contribution is -2.10. The average molecular weight is 367 g/mol. The molecule has 27 heavy (non-hydrogen) atoms. The second-order valence-corrected chi connectivity index (χ2v) is 7.25. The van der Waals surface area contributed by atoms with Crippen molar-refractivity contribution in [3.05, 3.63) is 83.9 Å². The molecule has 0 unspecified atom stereocenters. The smallest absolute Gasteiger partial charge is 0.0132 e. The van der Waals surface area contributed by atoms with Gasteiger partial charge in [-0.25, -0.2) is 0 Å². The minimum absolute atomic E-state index is 0.244. The van der Waals surface area contributed by atoms with E-state index in [0.29, 0.717) is 0 Å². The van der Waals surface area contributed by atoms with E-state index in [1.807, 2.05) is 41.5 Å². The van der Waals surface area contributed by atoms with Crippen LogP contribution in [0.25, 0.3) is 11.1 Å². The second-order valence-electron chi connectivity index (χ2n) is 7.25. The van der Waals surface area contributed by atoms with Gasteiger partial charge in [0.1, 0.15) is 0 Å². The summed E-state index contributed by atoms with van der Waals surface area (Å²) in [5.41, 5.74) is 7.62. The first-order valence-corrected chi connectivity index (χ1v) is 10.1. The van der Waals surface area contributed by atoms with Crippen LogP contribution in [0.5, 0.6) is 0 Å². The van der Waals surface area contributed by atoms with Crippen LogP contribution in [0.15, 0.2) is 61.7 Å². The molecule has 0 fully saturated rings. The molecule has 0 bridgehead atoms. The van der Waals surface area contributed by atoms with Crippen LogP contribution in [-0.2, 0) is 5.41 Å². The lowest BCUT2D eigenvalue weighted by Gasteiger charge is -2.19. The number of hydrogen-bond donors (Lipinski definition) is 0. The molecule has 0 atom stereocenters. The normalized spacial score (nSPS) is 9.41. The maximum Gasteiger partial charge on any atom is -0.0132 e. The van der Waals surface area contributed by atoms with E-state index in [1.165, 1.54) is 22.3 Å². The van der Waals surface area contributed by atoms with Gasteiger partial charge < -0.3 is 0 Å². The third kappa shape index (κ3) is 11.3.